The van der Waals surface area contributed by atoms with Crippen molar-refractivity contribution in [1.82, 2.24) is 24.6 Å². The zero-order chi connectivity index (χ0) is 22.0. The van der Waals surface area contributed by atoms with Gasteiger partial charge in [0.25, 0.3) is 0 Å². The van der Waals surface area contributed by atoms with E-state index in [-0.39, 0.29) is 11.3 Å². The zero-order valence-corrected chi connectivity index (χ0v) is 19.0. The highest BCUT2D eigenvalue weighted by atomic mass is 16.2. The third kappa shape index (κ3) is 4.70. The molecule has 2 aromatic heterocycles. The van der Waals surface area contributed by atoms with Gasteiger partial charge in [-0.3, -0.25) is 4.79 Å². The van der Waals surface area contributed by atoms with Gasteiger partial charge >= 0.3 is 0 Å². The van der Waals surface area contributed by atoms with Crippen LogP contribution in [-0.2, 0) is 11.2 Å². The normalized spacial score (nSPS) is 15.0. The molecule has 7 heteroatoms. The van der Waals surface area contributed by atoms with E-state index in [1.54, 1.807) is 0 Å². The molecule has 1 aliphatic heterocycles. The van der Waals surface area contributed by atoms with Crippen LogP contribution in [-0.4, -0.2) is 56.7 Å². The Morgan fingerprint density at radius 3 is 2.39 bits per heavy atom. The van der Waals surface area contributed by atoms with Crippen molar-refractivity contribution >= 4 is 22.8 Å². The van der Waals surface area contributed by atoms with Crippen LogP contribution in [0.25, 0.3) is 16.7 Å². The first-order valence-electron chi connectivity index (χ1n) is 11.2. The molecular weight excluding hydrogens is 388 g/mol. The van der Waals surface area contributed by atoms with Crippen molar-refractivity contribution in [2.75, 3.05) is 31.1 Å². The molecule has 0 bridgehead atoms. The zero-order valence-electron chi connectivity index (χ0n) is 19.0. The molecule has 1 fully saturated rings. The third-order valence-electron chi connectivity index (χ3n) is 5.54. The van der Waals surface area contributed by atoms with Gasteiger partial charge in [0.15, 0.2) is 5.65 Å². The Labute approximate surface area is 184 Å². The van der Waals surface area contributed by atoms with Gasteiger partial charge in [0.2, 0.25) is 5.91 Å². The van der Waals surface area contributed by atoms with Gasteiger partial charge in [0.1, 0.15) is 11.6 Å². The standard InChI is InChI=1S/C24H32N6O/c1-5-9-20-26-22(29-14-12-28(13-15-29)21(31)16-24(2,3)4)19-17-25-30(23(19)27-20)18-10-7-6-8-11-18/h6-8,10-11,17H,5,9,12-16H2,1-4H3. The van der Waals surface area contributed by atoms with Crippen LogP contribution >= 0.6 is 0 Å². The van der Waals surface area contributed by atoms with Gasteiger partial charge in [-0.05, 0) is 24.0 Å². The predicted octanol–water partition coefficient (Wildman–Crippen LogP) is 3.85. The third-order valence-corrected chi connectivity index (χ3v) is 5.54. The summed E-state index contributed by atoms with van der Waals surface area (Å²) in [5, 5.41) is 5.59. The summed E-state index contributed by atoms with van der Waals surface area (Å²) < 4.78 is 1.89. The minimum Gasteiger partial charge on any atom is -0.352 e. The molecule has 1 aromatic carbocycles. The molecule has 0 aliphatic carbocycles. The molecule has 3 aromatic rings. The number of amides is 1. The van der Waals surface area contributed by atoms with E-state index in [2.05, 4.69) is 37.7 Å². The van der Waals surface area contributed by atoms with Crippen LogP contribution in [0.1, 0.15) is 46.4 Å². The fourth-order valence-corrected chi connectivity index (χ4v) is 4.00. The van der Waals surface area contributed by atoms with Crippen molar-refractivity contribution in [3.05, 3.63) is 42.4 Å². The van der Waals surface area contributed by atoms with Gasteiger partial charge in [-0.15, -0.1) is 0 Å². The van der Waals surface area contributed by atoms with E-state index < -0.39 is 0 Å². The van der Waals surface area contributed by atoms with Crippen molar-refractivity contribution in [1.29, 1.82) is 0 Å². The molecular formula is C24H32N6O. The number of hydrogen-bond donors (Lipinski definition) is 0. The number of anilines is 1. The summed E-state index contributed by atoms with van der Waals surface area (Å²) in [5.41, 5.74) is 1.83. The van der Waals surface area contributed by atoms with Crippen LogP contribution < -0.4 is 4.90 Å². The molecule has 0 N–H and O–H groups in total. The number of benzene rings is 1. The minimum atomic E-state index is 0.00805. The van der Waals surface area contributed by atoms with Crippen molar-refractivity contribution in [2.24, 2.45) is 5.41 Å². The second-order valence-corrected chi connectivity index (χ2v) is 9.45. The summed E-state index contributed by atoms with van der Waals surface area (Å²) in [5.74, 6) is 2.01. The van der Waals surface area contributed by atoms with Crippen molar-refractivity contribution in [2.45, 2.75) is 47.0 Å². The SMILES string of the molecule is CCCc1nc(N2CCN(C(=O)CC(C)(C)C)CC2)c2cnn(-c3ccccc3)c2n1. The van der Waals surface area contributed by atoms with Gasteiger partial charge in [0.05, 0.1) is 17.3 Å². The maximum Gasteiger partial charge on any atom is 0.223 e. The Kier molecular flexibility index (Phi) is 5.94. The number of carbonyl (C=O) groups is 1. The predicted molar refractivity (Wildman–Crippen MR) is 124 cm³/mol. The van der Waals surface area contributed by atoms with Gasteiger partial charge < -0.3 is 9.80 Å². The number of nitrogens with zero attached hydrogens (tertiary/aromatic N) is 6. The van der Waals surface area contributed by atoms with Gasteiger partial charge in [0, 0.05) is 39.0 Å². The number of aryl methyl sites for hydroxylation is 1. The average Bonchev–Trinajstić information content (AvgIpc) is 3.17. The number of carbonyl (C=O) groups excluding carboxylic acids is 1. The number of para-hydroxylation sites is 1. The lowest BCUT2D eigenvalue weighted by molar-refractivity contribution is -0.133. The molecule has 0 saturated carbocycles. The lowest BCUT2D eigenvalue weighted by atomic mass is 9.91. The summed E-state index contributed by atoms with van der Waals surface area (Å²) in [6.07, 6.45) is 4.26. The monoisotopic (exact) mass is 420 g/mol. The van der Waals surface area contributed by atoms with Crippen LogP contribution in [0.3, 0.4) is 0 Å². The van der Waals surface area contributed by atoms with Gasteiger partial charge in [-0.1, -0.05) is 45.9 Å². The lowest BCUT2D eigenvalue weighted by Crippen LogP contribution is -2.49. The molecule has 7 nitrogen and oxygen atoms in total. The summed E-state index contributed by atoms with van der Waals surface area (Å²) in [6.45, 7) is 11.4. The van der Waals surface area contributed by atoms with Gasteiger partial charge in [-0.2, -0.15) is 5.10 Å². The molecule has 1 aliphatic rings. The first-order chi connectivity index (χ1) is 14.9. The molecule has 4 rings (SSSR count). The molecule has 0 spiro atoms. The first-order valence-corrected chi connectivity index (χ1v) is 11.2. The van der Waals surface area contributed by atoms with E-state index in [9.17, 15) is 4.79 Å². The molecule has 0 atom stereocenters. The van der Waals surface area contributed by atoms with Crippen LogP contribution in [0.15, 0.2) is 36.5 Å². The highest BCUT2D eigenvalue weighted by molar-refractivity contribution is 5.88. The van der Waals surface area contributed by atoms with Crippen LogP contribution in [0, 0.1) is 5.41 Å². The number of fused-ring (bicyclic) bond motifs is 1. The Balaban J connectivity index is 1.62. The number of piperazine rings is 1. The molecule has 0 unspecified atom stereocenters. The van der Waals surface area contributed by atoms with E-state index in [4.69, 9.17) is 9.97 Å². The first kappa shape index (κ1) is 21.3. The minimum absolute atomic E-state index is 0.00805. The van der Waals surface area contributed by atoms with Crippen LogP contribution in [0.4, 0.5) is 5.82 Å². The largest absolute Gasteiger partial charge is 0.352 e. The highest BCUT2D eigenvalue weighted by Gasteiger charge is 2.27. The maximum absolute atomic E-state index is 12.6. The van der Waals surface area contributed by atoms with Crippen LogP contribution in [0.5, 0.6) is 0 Å². The Morgan fingerprint density at radius 2 is 1.74 bits per heavy atom. The van der Waals surface area contributed by atoms with Gasteiger partial charge in [-0.25, -0.2) is 14.6 Å². The van der Waals surface area contributed by atoms with E-state index in [0.29, 0.717) is 6.42 Å². The second-order valence-electron chi connectivity index (χ2n) is 9.45. The second kappa shape index (κ2) is 8.65. The van der Waals surface area contributed by atoms with E-state index in [0.717, 1.165) is 67.4 Å². The maximum atomic E-state index is 12.6. The average molecular weight is 421 g/mol. The van der Waals surface area contributed by atoms with E-state index in [1.165, 1.54) is 0 Å². The molecule has 0 radical (unpaired) electrons. The van der Waals surface area contributed by atoms with E-state index in [1.807, 2.05) is 46.1 Å². The summed E-state index contributed by atoms with van der Waals surface area (Å²) in [6, 6.07) is 10.1. The molecule has 31 heavy (non-hydrogen) atoms. The Morgan fingerprint density at radius 1 is 1.03 bits per heavy atom. The molecule has 3 heterocycles. The number of aromatic nitrogens is 4. The molecule has 1 amide bonds. The number of hydrogen-bond acceptors (Lipinski definition) is 5. The highest BCUT2D eigenvalue weighted by Crippen LogP contribution is 2.27. The fourth-order valence-electron chi connectivity index (χ4n) is 4.00. The Hall–Kier alpha value is -2.96. The van der Waals surface area contributed by atoms with Crippen molar-refractivity contribution in [3.63, 3.8) is 0 Å². The lowest BCUT2D eigenvalue weighted by Gasteiger charge is -2.36. The molecule has 1 saturated heterocycles. The topological polar surface area (TPSA) is 67.2 Å². The van der Waals surface area contributed by atoms with Crippen molar-refractivity contribution < 1.29 is 4.79 Å². The van der Waals surface area contributed by atoms with E-state index >= 15 is 0 Å². The number of rotatable bonds is 5. The summed E-state index contributed by atoms with van der Waals surface area (Å²) >= 11 is 0. The smallest absolute Gasteiger partial charge is 0.223 e. The Bertz CT molecular complexity index is 1050. The fraction of sp³-hybridized carbons (Fsp3) is 0.500. The van der Waals surface area contributed by atoms with Crippen molar-refractivity contribution in [3.8, 4) is 5.69 Å². The summed E-state index contributed by atoms with van der Waals surface area (Å²) in [4.78, 5) is 26.6. The van der Waals surface area contributed by atoms with Crippen LogP contribution in [0.2, 0.25) is 0 Å². The summed E-state index contributed by atoms with van der Waals surface area (Å²) in [7, 11) is 0. The molecule has 164 valence electrons. The quantitative estimate of drug-likeness (QED) is 0.627.